The van der Waals surface area contributed by atoms with Gasteiger partial charge in [0.1, 0.15) is 35.8 Å². The van der Waals surface area contributed by atoms with Crippen LogP contribution < -0.4 is 27.8 Å². The van der Waals surface area contributed by atoms with Crippen LogP contribution >= 0.6 is 0 Å². The smallest absolute Gasteiger partial charge is 0.215 e. The lowest BCUT2D eigenvalue weighted by Crippen LogP contribution is -2.69. The van der Waals surface area contributed by atoms with E-state index >= 15 is 0 Å². The zero-order valence-corrected chi connectivity index (χ0v) is 19.6. The number of nitrogens with one attached hydrogen (secondary N) is 2. The number of ether oxygens (including phenoxy) is 4. The van der Waals surface area contributed by atoms with E-state index in [0.29, 0.717) is 25.1 Å². The normalized spacial score (nSPS) is 46.5. The van der Waals surface area contributed by atoms with Crippen LogP contribution in [0.4, 0.5) is 0 Å². The third-order valence-corrected chi connectivity index (χ3v) is 6.64. The maximum absolute atomic E-state index is 11.3. The Kier molecular flexibility index (Phi) is 9.08. The fourth-order valence-corrected chi connectivity index (χ4v) is 4.86. The molecule has 11 N–H and O–H groups in total. The van der Waals surface area contributed by atoms with Gasteiger partial charge in [0.25, 0.3) is 0 Å². The van der Waals surface area contributed by atoms with E-state index < -0.39 is 60.7 Å². The van der Waals surface area contributed by atoms with Crippen LogP contribution in [0.5, 0.6) is 0 Å². The van der Waals surface area contributed by atoms with E-state index in [9.17, 15) is 15.3 Å². The summed E-state index contributed by atoms with van der Waals surface area (Å²) in [7, 11) is 1.64. The second kappa shape index (κ2) is 11.2. The van der Waals surface area contributed by atoms with Crippen molar-refractivity contribution in [1.82, 2.24) is 10.6 Å². The van der Waals surface area contributed by atoms with E-state index in [0.717, 1.165) is 0 Å². The van der Waals surface area contributed by atoms with Crippen LogP contribution in [0.15, 0.2) is 11.8 Å². The first-order valence-electron chi connectivity index (χ1n) is 11.6. The zero-order valence-electron chi connectivity index (χ0n) is 19.6. The van der Waals surface area contributed by atoms with Crippen LogP contribution in [0, 0.1) is 0 Å². The van der Waals surface area contributed by atoms with Crippen molar-refractivity contribution in [2.75, 3.05) is 26.7 Å². The highest BCUT2D eigenvalue weighted by atomic mass is 16.7. The first-order valence-corrected chi connectivity index (χ1v) is 11.6. The fraction of sp³-hybridized carbons (Fsp3) is 0.905. The largest absolute Gasteiger partial charge is 0.467 e. The van der Waals surface area contributed by atoms with E-state index in [1.54, 1.807) is 14.0 Å². The molecule has 0 aromatic rings. The van der Waals surface area contributed by atoms with Crippen LogP contribution in [-0.2, 0) is 18.9 Å². The predicted molar refractivity (Wildman–Crippen MR) is 120 cm³/mol. The molecule has 1 saturated heterocycles. The van der Waals surface area contributed by atoms with Gasteiger partial charge < -0.3 is 62.1 Å². The molecule has 2 fully saturated rings. The molecule has 0 aromatic heterocycles. The SMILES string of the molecule is CCN[C@H]1C[C@@H](N)[C@@H](O[C@H]2OC(CN)=CC[C@H]2N)[C@H](O)[C@H]1O[C@H]1OC[C@](C)(O)[C@H](NC)[C@H]1O. The molecule has 1 saturated carbocycles. The molecule has 2 heterocycles. The minimum Gasteiger partial charge on any atom is -0.467 e. The second-order valence-corrected chi connectivity index (χ2v) is 9.31. The van der Waals surface area contributed by atoms with Gasteiger partial charge in [0, 0.05) is 12.1 Å². The van der Waals surface area contributed by atoms with Crippen molar-refractivity contribution < 1.29 is 34.3 Å². The quantitative estimate of drug-likeness (QED) is 0.175. The van der Waals surface area contributed by atoms with Crippen molar-refractivity contribution in [3.8, 4) is 0 Å². The lowest BCUT2D eigenvalue weighted by molar-refractivity contribution is -0.304. The highest BCUT2D eigenvalue weighted by Gasteiger charge is 2.51. The topological polar surface area (TPSA) is 200 Å². The molecule has 12 heteroatoms. The first kappa shape index (κ1) is 26.7. The third-order valence-electron chi connectivity index (χ3n) is 6.64. The molecule has 11 atom stereocenters. The van der Waals surface area contributed by atoms with Gasteiger partial charge in [-0.2, -0.15) is 0 Å². The maximum atomic E-state index is 11.3. The summed E-state index contributed by atoms with van der Waals surface area (Å²) >= 11 is 0. The van der Waals surface area contributed by atoms with Crippen molar-refractivity contribution >= 4 is 0 Å². The van der Waals surface area contributed by atoms with Gasteiger partial charge in [0.15, 0.2) is 6.29 Å². The Morgan fingerprint density at radius 2 is 1.85 bits per heavy atom. The molecule has 0 radical (unpaired) electrons. The molecule has 192 valence electrons. The van der Waals surface area contributed by atoms with Gasteiger partial charge in [-0.15, -0.1) is 0 Å². The number of aliphatic hydroxyl groups is 3. The molecular formula is C21H41N5O7. The fourth-order valence-electron chi connectivity index (χ4n) is 4.86. The van der Waals surface area contributed by atoms with E-state index in [1.165, 1.54) is 0 Å². The molecule has 0 unspecified atom stereocenters. The van der Waals surface area contributed by atoms with Gasteiger partial charge >= 0.3 is 0 Å². The molecule has 1 aliphatic carbocycles. The molecule has 0 amide bonds. The lowest BCUT2D eigenvalue weighted by Gasteiger charge is -2.49. The number of rotatable bonds is 8. The number of aliphatic hydroxyl groups excluding tert-OH is 2. The van der Waals surface area contributed by atoms with Crippen molar-refractivity contribution in [2.24, 2.45) is 17.2 Å². The molecule has 3 aliphatic rings. The number of nitrogens with two attached hydrogens (primary N) is 3. The van der Waals surface area contributed by atoms with Crippen LogP contribution in [-0.4, -0.2) is 109 Å². The van der Waals surface area contributed by atoms with Gasteiger partial charge in [0.05, 0.1) is 25.2 Å². The Labute approximate surface area is 194 Å². The van der Waals surface area contributed by atoms with E-state index in [2.05, 4.69) is 10.6 Å². The van der Waals surface area contributed by atoms with Crippen molar-refractivity contribution in [2.45, 2.75) is 93.5 Å². The Morgan fingerprint density at radius 3 is 2.48 bits per heavy atom. The van der Waals surface area contributed by atoms with E-state index in [4.69, 9.17) is 36.1 Å². The van der Waals surface area contributed by atoms with E-state index in [-0.39, 0.29) is 19.2 Å². The highest BCUT2D eigenvalue weighted by Crippen LogP contribution is 2.31. The van der Waals surface area contributed by atoms with Crippen molar-refractivity contribution in [3.05, 3.63) is 11.8 Å². The Balaban J connectivity index is 1.75. The average molecular weight is 476 g/mol. The molecule has 0 spiro atoms. The monoisotopic (exact) mass is 475 g/mol. The van der Waals surface area contributed by atoms with Crippen LogP contribution in [0.1, 0.15) is 26.7 Å². The summed E-state index contributed by atoms with van der Waals surface area (Å²) in [6.45, 7) is 4.30. The molecule has 12 nitrogen and oxygen atoms in total. The summed E-state index contributed by atoms with van der Waals surface area (Å²) in [6, 6.07) is -1.95. The minimum absolute atomic E-state index is 0.0483. The number of hydrogen-bond acceptors (Lipinski definition) is 12. The van der Waals surface area contributed by atoms with E-state index in [1.807, 2.05) is 13.0 Å². The molecule has 33 heavy (non-hydrogen) atoms. The summed E-state index contributed by atoms with van der Waals surface area (Å²) in [6.07, 6.45) is -3.05. The first-order chi connectivity index (χ1) is 15.6. The number of hydrogen-bond donors (Lipinski definition) is 8. The molecular weight excluding hydrogens is 434 g/mol. The summed E-state index contributed by atoms with van der Waals surface area (Å²) in [5, 5.41) is 38.8. The predicted octanol–water partition coefficient (Wildman–Crippen LogP) is -3.20. The van der Waals surface area contributed by atoms with Crippen LogP contribution in [0.3, 0.4) is 0 Å². The van der Waals surface area contributed by atoms with Gasteiger partial charge in [-0.25, -0.2) is 0 Å². The molecule has 3 rings (SSSR count). The molecule has 0 bridgehead atoms. The van der Waals surface area contributed by atoms with Gasteiger partial charge in [-0.1, -0.05) is 6.92 Å². The van der Waals surface area contributed by atoms with Crippen molar-refractivity contribution in [1.29, 1.82) is 0 Å². The summed E-state index contributed by atoms with van der Waals surface area (Å²) in [5.74, 6) is 0.572. The number of likely N-dealkylation sites (N-methyl/N-ethyl adjacent to an activating group) is 2. The molecule has 0 aromatic carbocycles. The zero-order chi connectivity index (χ0) is 24.3. The lowest BCUT2D eigenvalue weighted by atomic mass is 9.83. The summed E-state index contributed by atoms with van der Waals surface area (Å²) in [4.78, 5) is 0. The molecule has 2 aliphatic heterocycles. The van der Waals surface area contributed by atoms with Crippen molar-refractivity contribution in [3.63, 3.8) is 0 Å². The summed E-state index contributed by atoms with van der Waals surface area (Å²) in [5.41, 5.74) is 16.9. The van der Waals surface area contributed by atoms with Gasteiger partial charge in [0.2, 0.25) is 6.29 Å². The van der Waals surface area contributed by atoms with Crippen LogP contribution in [0.25, 0.3) is 0 Å². The second-order valence-electron chi connectivity index (χ2n) is 9.31. The Morgan fingerprint density at radius 1 is 1.15 bits per heavy atom. The summed E-state index contributed by atoms with van der Waals surface area (Å²) < 4.78 is 23.6. The Hall–Kier alpha value is -0.900. The third kappa shape index (κ3) is 5.85. The average Bonchev–Trinajstić information content (AvgIpc) is 2.76. The maximum Gasteiger partial charge on any atom is 0.215 e. The highest BCUT2D eigenvalue weighted by molar-refractivity contribution is 5.05. The minimum atomic E-state index is -1.28. The van der Waals surface area contributed by atoms with Gasteiger partial charge in [-0.05, 0) is 39.4 Å². The Bertz CT molecular complexity index is 669. The van der Waals surface area contributed by atoms with Gasteiger partial charge in [-0.3, -0.25) is 0 Å². The standard InChI is InChI=1S/C21H41N5O7/c1-4-26-13-7-12(24)16(32-19-11(23)6-5-10(8-22)31-19)14(27)17(13)33-20-15(28)18(25-3)21(2,29)9-30-20/h5,11-20,25-29H,4,6-9,22-24H2,1-3H3/t11-,12-,13+,14+,15-,16-,17+,18-,19-,20-,21+/m1/s1. The van der Waals surface area contributed by atoms with Crippen LogP contribution in [0.2, 0.25) is 0 Å².